The van der Waals surface area contributed by atoms with Crippen LogP contribution in [0.4, 0.5) is 16.0 Å². The van der Waals surface area contributed by atoms with Crippen LogP contribution < -0.4 is 15.8 Å². The minimum Gasteiger partial charge on any atom is -0.379 e. The number of amides is 1. The Balaban J connectivity index is 1.25. The summed E-state index contributed by atoms with van der Waals surface area (Å²) in [6, 6.07) is 0.0752. The maximum Gasteiger partial charge on any atom is 0.269 e. The van der Waals surface area contributed by atoms with Gasteiger partial charge in [-0.15, -0.1) is 0 Å². The first-order valence-electron chi connectivity index (χ1n) is 10.9. The highest BCUT2D eigenvalue weighted by molar-refractivity contribution is 5.83. The quantitative estimate of drug-likeness (QED) is 0.651. The lowest BCUT2D eigenvalue weighted by Crippen LogP contribution is -2.47. The number of H-pyrrole nitrogens is 1. The standard InChI is InChI=1S/C21H28FN7O3/c1-13(26-17-11-25-27-19(30)14(17)2)12-32-18-5-8-29(20(18)31)16-3-6-28(7-4-16)21-23-9-15(22)10-24-21/h9-11,13,16,18H,3-8,12H2,1-2H3,(H2,26,27,30)/t13-,18+/m0/s1. The van der Waals surface area contributed by atoms with Crippen LogP contribution in [0.2, 0.25) is 0 Å². The molecule has 11 heteroatoms. The second-order valence-electron chi connectivity index (χ2n) is 8.34. The van der Waals surface area contributed by atoms with Gasteiger partial charge in [-0.05, 0) is 26.7 Å². The van der Waals surface area contributed by atoms with Gasteiger partial charge in [-0.2, -0.15) is 5.10 Å². The number of hydrogen-bond donors (Lipinski definition) is 2. The van der Waals surface area contributed by atoms with Crippen molar-refractivity contribution in [3.63, 3.8) is 0 Å². The highest BCUT2D eigenvalue weighted by Gasteiger charge is 2.38. The zero-order chi connectivity index (χ0) is 22.7. The number of halogens is 1. The van der Waals surface area contributed by atoms with E-state index in [0.717, 1.165) is 25.9 Å². The summed E-state index contributed by atoms with van der Waals surface area (Å²) >= 11 is 0. The minimum absolute atomic E-state index is 0.0303. The van der Waals surface area contributed by atoms with Gasteiger partial charge >= 0.3 is 0 Å². The summed E-state index contributed by atoms with van der Waals surface area (Å²) in [5.74, 6) is 0.0971. The molecule has 0 bridgehead atoms. The van der Waals surface area contributed by atoms with Crippen molar-refractivity contribution in [1.82, 2.24) is 25.1 Å². The Labute approximate surface area is 185 Å². The molecule has 0 spiro atoms. The summed E-state index contributed by atoms with van der Waals surface area (Å²) in [7, 11) is 0. The van der Waals surface area contributed by atoms with Crippen LogP contribution in [0.5, 0.6) is 0 Å². The Morgan fingerprint density at radius 3 is 2.62 bits per heavy atom. The van der Waals surface area contributed by atoms with E-state index in [9.17, 15) is 14.0 Å². The van der Waals surface area contributed by atoms with Crippen LogP contribution in [0.25, 0.3) is 0 Å². The normalized spacial score (nSPS) is 20.6. The largest absolute Gasteiger partial charge is 0.379 e. The highest BCUT2D eigenvalue weighted by atomic mass is 19.1. The number of nitrogens with one attached hydrogen (secondary N) is 2. The molecular weight excluding hydrogens is 417 g/mol. The van der Waals surface area contributed by atoms with E-state index in [1.165, 1.54) is 12.4 Å². The van der Waals surface area contributed by atoms with E-state index in [2.05, 4.69) is 25.5 Å². The van der Waals surface area contributed by atoms with E-state index < -0.39 is 11.9 Å². The summed E-state index contributed by atoms with van der Waals surface area (Å²) in [5, 5.41) is 9.42. The van der Waals surface area contributed by atoms with Gasteiger partial charge in [-0.1, -0.05) is 0 Å². The molecule has 2 saturated heterocycles. The molecule has 2 atom stereocenters. The van der Waals surface area contributed by atoms with Crippen LogP contribution in [0, 0.1) is 12.7 Å². The zero-order valence-corrected chi connectivity index (χ0v) is 18.3. The molecule has 2 aromatic heterocycles. The summed E-state index contributed by atoms with van der Waals surface area (Å²) in [6.07, 6.45) is 5.75. The number of rotatable bonds is 7. The molecule has 172 valence electrons. The van der Waals surface area contributed by atoms with E-state index in [-0.39, 0.29) is 23.6 Å². The third kappa shape index (κ3) is 4.87. The van der Waals surface area contributed by atoms with Gasteiger partial charge in [0.15, 0.2) is 5.82 Å². The molecule has 0 saturated carbocycles. The SMILES string of the molecule is Cc1c(N[C@@H](C)CO[C@@H]2CCN(C3CCN(c4ncc(F)cn4)CC3)C2=O)cn[nH]c1=O. The maximum absolute atomic E-state index is 13.0. The average Bonchev–Trinajstić information content (AvgIpc) is 3.16. The molecule has 0 aliphatic carbocycles. The van der Waals surface area contributed by atoms with Crippen LogP contribution in [0.1, 0.15) is 31.7 Å². The number of hydrogen-bond acceptors (Lipinski definition) is 8. The fourth-order valence-electron chi connectivity index (χ4n) is 4.21. The first kappa shape index (κ1) is 22.1. The third-order valence-electron chi connectivity index (χ3n) is 6.04. The second-order valence-corrected chi connectivity index (χ2v) is 8.34. The van der Waals surface area contributed by atoms with Crippen molar-refractivity contribution in [2.24, 2.45) is 0 Å². The number of aromatic amines is 1. The van der Waals surface area contributed by atoms with E-state index in [4.69, 9.17) is 4.74 Å². The molecule has 2 N–H and O–H groups in total. The number of carbonyl (C=O) groups excluding carboxylic acids is 1. The molecule has 10 nitrogen and oxygen atoms in total. The molecule has 0 unspecified atom stereocenters. The van der Waals surface area contributed by atoms with Crippen LogP contribution in [0.15, 0.2) is 23.4 Å². The summed E-state index contributed by atoms with van der Waals surface area (Å²) in [5.41, 5.74) is 0.982. The molecule has 1 amide bonds. The number of nitrogens with zero attached hydrogens (tertiary/aromatic N) is 5. The Morgan fingerprint density at radius 2 is 1.91 bits per heavy atom. The first-order valence-corrected chi connectivity index (χ1v) is 10.9. The molecule has 32 heavy (non-hydrogen) atoms. The number of anilines is 2. The average molecular weight is 445 g/mol. The van der Waals surface area contributed by atoms with Gasteiger partial charge in [0, 0.05) is 43.7 Å². The Bertz CT molecular complexity index is 992. The Hall–Kier alpha value is -3.08. The van der Waals surface area contributed by atoms with Crippen molar-refractivity contribution in [3.8, 4) is 0 Å². The van der Waals surface area contributed by atoms with Gasteiger partial charge in [0.1, 0.15) is 6.10 Å². The van der Waals surface area contributed by atoms with Gasteiger partial charge in [-0.25, -0.2) is 19.5 Å². The highest BCUT2D eigenvalue weighted by Crippen LogP contribution is 2.25. The Kier molecular flexibility index (Phi) is 6.63. The molecule has 2 fully saturated rings. The first-order chi connectivity index (χ1) is 15.4. The van der Waals surface area contributed by atoms with Crippen molar-refractivity contribution in [2.45, 2.75) is 51.3 Å². The van der Waals surface area contributed by atoms with Gasteiger partial charge in [0.2, 0.25) is 5.95 Å². The molecule has 4 rings (SSSR count). The lowest BCUT2D eigenvalue weighted by molar-refractivity contribution is -0.139. The molecule has 2 aliphatic heterocycles. The second kappa shape index (κ2) is 9.60. The summed E-state index contributed by atoms with van der Waals surface area (Å²) in [4.78, 5) is 36.6. The number of carbonyl (C=O) groups is 1. The van der Waals surface area contributed by atoms with Crippen molar-refractivity contribution >= 4 is 17.5 Å². The lowest BCUT2D eigenvalue weighted by Gasteiger charge is -2.36. The van der Waals surface area contributed by atoms with Crippen LogP contribution >= 0.6 is 0 Å². The van der Waals surface area contributed by atoms with Crippen LogP contribution in [0.3, 0.4) is 0 Å². The van der Waals surface area contributed by atoms with Gasteiger partial charge < -0.3 is 19.9 Å². The number of ether oxygens (including phenoxy) is 1. The van der Waals surface area contributed by atoms with E-state index >= 15 is 0 Å². The zero-order valence-electron chi connectivity index (χ0n) is 18.3. The van der Waals surface area contributed by atoms with Gasteiger partial charge in [0.25, 0.3) is 11.5 Å². The van der Waals surface area contributed by atoms with Crippen LogP contribution in [-0.4, -0.2) is 75.4 Å². The van der Waals surface area contributed by atoms with E-state index in [0.29, 0.717) is 36.8 Å². The van der Waals surface area contributed by atoms with Crippen molar-refractivity contribution < 1.29 is 13.9 Å². The van der Waals surface area contributed by atoms with E-state index in [1.54, 1.807) is 13.1 Å². The van der Waals surface area contributed by atoms with Crippen molar-refractivity contribution in [2.75, 3.05) is 36.5 Å². The maximum atomic E-state index is 13.0. The predicted molar refractivity (Wildman–Crippen MR) is 116 cm³/mol. The molecule has 2 aromatic rings. The summed E-state index contributed by atoms with van der Waals surface area (Å²) < 4.78 is 19.0. The fourth-order valence-corrected chi connectivity index (χ4v) is 4.21. The van der Waals surface area contributed by atoms with Gasteiger partial charge in [0.05, 0.1) is 30.9 Å². The smallest absolute Gasteiger partial charge is 0.269 e. The molecular formula is C21H28FN7O3. The topological polar surface area (TPSA) is 116 Å². The molecule has 0 aromatic carbocycles. The van der Waals surface area contributed by atoms with Crippen molar-refractivity contribution in [3.05, 3.63) is 40.3 Å². The monoisotopic (exact) mass is 445 g/mol. The molecule has 0 radical (unpaired) electrons. The van der Waals surface area contributed by atoms with Crippen molar-refractivity contribution in [1.29, 1.82) is 0 Å². The number of piperidine rings is 1. The van der Waals surface area contributed by atoms with Crippen LogP contribution in [-0.2, 0) is 9.53 Å². The van der Waals surface area contributed by atoms with Gasteiger partial charge in [-0.3, -0.25) is 9.59 Å². The third-order valence-corrected chi connectivity index (χ3v) is 6.04. The predicted octanol–water partition coefficient (Wildman–Crippen LogP) is 1.09. The molecule has 4 heterocycles. The minimum atomic E-state index is -0.453. The molecule has 2 aliphatic rings. The van der Waals surface area contributed by atoms with E-state index in [1.807, 2.05) is 16.7 Å². The Morgan fingerprint density at radius 1 is 1.19 bits per heavy atom. The fraction of sp³-hybridized carbons (Fsp3) is 0.571. The number of likely N-dealkylation sites (tertiary alicyclic amines) is 1. The summed E-state index contributed by atoms with van der Waals surface area (Å²) in [6.45, 7) is 6.12. The lowest BCUT2D eigenvalue weighted by atomic mass is 10.0. The number of aromatic nitrogens is 4.